The van der Waals surface area contributed by atoms with Gasteiger partial charge in [-0.1, -0.05) is 0 Å². The van der Waals surface area contributed by atoms with E-state index in [9.17, 15) is 13.2 Å². The Morgan fingerprint density at radius 1 is 1.22 bits per heavy atom. The Morgan fingerprint density at radius 2 is 1.78 bits per heavy atom. The van der Waals surface area contributed by atoms with Gasteiger partial charge in [0, 0.05) is 6.04 Å². The van der Waals surface area contributed by atoms with Gasteiger partial charge in [-0.05, 0) is 12.8 Å². The van der Waals surface area contributed by atoms with Crippen LogP contribution in [0.5, 0.6) is 0 Å². The van der Waals surface area contributed by atoms with E-state index in [1.807, 2.05) is 0 Å². The number of hydrogen-bond acceptors (Lipinski definition) is 1. The van der Waals surface area contributed by atoms with Crippen LogP contribution in [0.3, 0.4) is 0 Å². The van der Waals surface area contributed by atoms with Crippen molar-refractivity contribution in [3.8, 4) is 0 Å². The van der Waals surface area contributed by atoms with Crippen LogP contribution in [-0.2, 0) is 0 Å². The first-order valence-electron chi connectivity index (χ1n) is 2.84. The minimum Gasteiger partial charge on any atom is -0.327 e. The Balaban J connectivity index is 2.44. The molecule has 1 aliphatic rings. The van der Waals surface area contributed by atoms with Crippen molar-refractivity contribution in [2.75, 3.05) is 0 Å². The van der Waals surface area contributed by atoms with E-state index in [0.29, 0.717) is 6.42 Å². The summed E-state index contributed by atoms with van der Waals surface area (Å²) in [4.78, 5) is 0. The van der Waals surface area contributed by atoms with Crippen LogP contribution in [0.2, 0.25) is 0 Å². The van der Waals surface area contributed by atoms with E-state index in [1.165, 1.54) is 0 Å². The monoisotopic (exact) mass is 139 g/mol. The maximum atomic E-state index is 11.7. The number of alkyl halides is 3. The standard InChI is InChI=1S/C5H8F3N/c6-5(7,8)3-1-2-4(3)9/h3-4H,1-2,9H2/t3-,4+/m1/s1. The van der Waals surface area contributed by atoms with E-state index in [-0.39, 0.29) is 6.42 Å². The molecule has 0 aliphatic heterocycles. The lowest BCUT2D eigenvalue weighted by Crippen LogP contribution is -2.47. The maximum absolute atomic E-state index is 11.7. The summed E-state index contributed by atoms with van der Waals surface area (Å²) in [5.41, 5.74) is 5.09. The maximum Gasteiger partial charge on any atom is 0.393 e. The molecule has 54 valence electrons. The summed E-state index contributed by atoms with van der Waals surface area (Å²) in [6, 6.07) is -0.634. The lowest BCUT2D eigenvalue weighted by atomic mass is 9.80. The summed E-state index contributed by atoms with van der Waals surface area (Å²) in [6.45, 7) is 0. The van der Waals surface area contributed by atoms with Gasteiger partial charge in [-0.3, -0.25) is 0 Å². The van der Waals surface area contributed by atoms with Crippen LogP contribution in [0, 0.1) is 5.92 Å². The zero-order valence-corrected chi connectivity index (χ0v) is 4.78. The molecule has 1 rings (SSSR count). The van der Waals surface area contributed by atoms with Crippen molar-refractivity contribution >= 4 is 0 Å². The van der Waals surface area contributed by atoms with Crippen LogP contribution in [0.4, 0.5) is 13.2 Å². The van der Waals surface area contributed by atoms with E-state index >= 15 is 0 Å². The fourth-order valence-corrected chi connectivity index (χ4v) is 0.932. The van der Waals surface area contributed by atoms with Gasteiger partial charge >= 0.3 is 6.18 Å². The summed E-state index contributed by atoms with van der Waals surface area (Å²) in [6.07, 6.45) is -3.33. The summed E-state index contributed by atoms with van der Waals surface area (Å²) >= 11 is 0. The molecule has 0 aromatic rings. The Bertz CT molecular complexity index is 109. The molecule has 1 saturated carbocycles. The second-order valence-electron chi connectivity index (χ2n) is 2.39. The minimum absolute atomic E-state index is 0.213. The highest BCUT2D eigenvalue weighted by Gasteiger charge is 2.48. The van der Waals surface area contributed by atoms with Gasteiger partial charge in [0.15, 0.2) is 0 Å². The highest BCUT2D eigenvalue weighted by Crippen LogP contribution is 2.39. The highest BCUT2D eigenvalue weighted by molar-refractivity contribution is 4.88. The quantitative estimate of drug-likeness (QED) is 0.537. The van der Waals surface area contributed by atoms with Crippen LogP contribution in [0.15, 0.2) is 0 Å². The van der Waals surface area contributed by atoms with Crippen LogP contribution in [-0.4, -0.2) is 12.2 Å². The van der Waals surface area contributed by atoms with Crippen LogP contribution >= 0.6 is 0 Å². The second-order valence-corrected chi connectivity index (χ2v) is 2.39. The topological polar surface area (TPSA) is 26.0 Å². The molecule has 9 heavy (non-hydrogen) atoms. The second kappa shape index (κ2) is 1.87. The van der Waals surface area contributed by atoms with Crippen molar-refractivity contribution in [2.24, 2.45) is 11.7 Å². The first kappa shape index (κ1) is 6.86. The van der Waals surface area contributed by atoms with Crippen LogP contribution in [0.1, 0.15) is 12.8 Å². The molecule has 2 atom stereocenters. The molecular formula is C5H8F3N. The lowest BCUT2D eigenvalue weighted by Gasteiger charge is -2.34. The Hall–Kier alpha value is -0.250. The Labute approximate surface area is 51.0 Å². The SMILES string of the molecule is N[C@H]1CC[C@H]1C(F)(F)F. The number of nitrogens with two attached hydrogens (primary N) is 1. The minimum atomic E-state index is -4.06. The summed E-state index contributed by atoms with van der Waals surface area (Å²) in [5.74, 6) is -1.22. The molecule has 0 aromatic carbocycles. The average Bonchev–Trinajstić information content (AvgIpc) is 1.57. The predicted octanol–water partition coefficient (Wildman–Crippen LogP) is 1.29. The van der Waals surface area contributed by atoms with Crippen molar-refractivity contribution in [1.82, 2.24) is 0 Å². The molecule has 0 unspecified atom stereocenters. The van der Waals surface area contributed by atoms with E-state index in [0.717, 1.165) is 0 Å². The van der Waals surface area contributed by atoms with Gasteiger partial charge in [-0.15, -0.1) is 0 Å². The largest absolute Gasteiger partial charge is 0.393 e. The zero-order chi connectivity index (χ0) is 7.07. The van der Waals surface area contributed by atoms with Crippen molar-refractivity contribution in [3.05, 3.63) is 0 Å². The van der Waals surface area contributed by atoms with E-state index in [1.54, 1.807) is 0 Å². The molecule has 1 nitrogen and oxygen atoms in total. The van der Waals surface area contributed by atoms with Gasteiger partial charge in [0.1, 0.15) is 0 Å². The van der Waals surface area contributed by atoms with E-state index in [4.69, 9.17) is 5.73 Å². The molecule has 0 aromatic heterocycles. The molecule has 0 radical (unpaired) electrons. The Kier molecular flexibility index (Phi) is 1.42. The number of halogens is 3. The van der Waals surface area contributed by atoms with Crippen molar-refractivity contribution in [3.63, 3.8) is 0 Å². The molecule has 0 amide bonds. The van der Waals surface area contributed by atoms with Gasteiger partial charge < -0.3 is 5.73 Å². The smallest absolute Gasteiger partial charge is 0.327 e. The van der Waals surface area contributed by atoms with Crippen LogP contribution < -0.4 is 5.73 Å². The number of rotatable bonds is 0. The van der Waals surface area contributed by atoms with Gasteiger partial charge in [0.25, 0.3) is 0 Å². The van der Waals surface area contributed by atoms with Crippen molar-refractivity contribution in [1.29, 1.82) is 0 Å². The normalized spacial score (nSPS) is 36.0. The average molecular weight is 139 g/mol. The highest BCUT2D eigenvalue weighted by atomic mass is 19.4. The molecule has 1 aliphatic carbocycles. The fourth-order valence-electron chi connectivity index (χ4n) is 0.932. The molecule has 1 fully saturated rings. The number of hydrogen-bond donors (Lipinski definition) is 1. The molecular weight excluding hydrogens is 131 g/mol. The summed E-state index contributed by atoms with van der Waals surface area (Å²) < 4.78 is 35.0. The van der Waals surface area contributed by atoms with Gasteiger partial charge in [-0.2, -0.15) is 13.2 Å². The third kappa shape index (κ3) is 1.18. The molecule has 0 bridgehead atoms. The first-order valence-corrected chi connectivity index (χ1v) is 2.84. The summed E-state index contributed by atoms with van der Waals surface area (Å²) in [5, 5.41) is 0. The van der Waals surface area contributed by atoms with Crippen molar-refractivity contribution in [2.45, 2.75) is 25.1 Å². The van der Waals surface area contributed by atoms with E-state index < -0.39 is 18.1 Å². The molecule has 0 saturated heterocycles. The third-order valence-corrected chi connectivity index (χ3v) is 1.75. The third-order valence-electron chi connectivity index (χ3n) is 1.75. The molecule has 0 heterocycles. The lowest BCUT2D eigenvalue weighted by molar-refractivity contribution is -0.199. The van der Waals surface area contributed by atoms with Crippen LogP contribution in [0.25, 0.3) is 0 Å². The van der Waals surface area contributed by atoms with E-state index in [2.05, 4.69) is 0 Å². The fraction of sp³-hybridized carbons (Fsp3) is 1.00. The Morgan fingerprint density at radius 3 is 1.78 bits per heavy atom. The molecule has 4 heteroatoms. The van der Waals surface area contributed by atoms with Crippen molar-refractivity contribution < 1.29 is 13.2 Å². The molecule has 2 N–H and O–H groups in total. The first-order chi connectivity index (χ1) is 4.02. The van der Waals surface area contributed by atoms with Gasteiger partial charge in [0.2, 0.25) is 0 Å². The predicted molar refractivity (Wildman–Crippen MR) is 26.8 cm³/mol. The molecule has 0 spiro atoms. The zero-order valence-electron chi connectivity index (χ0n) is 4.78. The van der Waals surface area contributed by atoms with Gasteiger partial charge in [0.05, 0.1) is 5.92 Å². The van der Waals surface area contributed by atoms with Gasteiger partial charge in [-0.25, -0.2) is 0 Å². The summed E-state index contributed by atoms with van der Waals surface area (Å²) in [7, 11) is 0.